The van der Waals surface area contributed by atoms with E-state index in [0.717, 1.165) is 18.0 Å². The maximum Gasteiger partial charge on any atom is 0.00683 e. The molecular formula is C13H26N2. The third kappa shape index (κ3) is 4.98. The van der Waals surface area contributed by atoms with Crippen LogP contribution >= 0.6 is 0 Å². The number of nitrogens with one attached hydrogen (secondary N) is 2. The zero-order chi connectivity index (χ0) is 10.5. The van der Waals surface area contributed by atoms with Gasteiger partial charge in [0, 0.05) is 12.1 Å². The van der Waals surface area contributed by atoms with Crippen molar-refractivity contribution in [3.8, 4) is 0 Å². The summed E-state index contributed by atoms with van der Waals surface area (Å²) in [6.07, 6.45) is 9.76. The molecule has 2 saturated carbocycles. The minimum absolute atomic E-state index is 0.878. The Morgan fingerprint density at radius 3 is 2.33 bits per heavy atom. The van der Waals surface area contributed by atoms with E-state index in [1.807, 2.05) is 0 Å². The molecular weight excluding hydrogens is 184 g/mol. The van der Waals surface area contributed by atoms with E-state index < -0.39 is 0 Å². The second kappa shape index (κ2) is 5.86. The summed E-state index contributed by atoms with van der Waals surface area (Å²) < 4.78 is 0. The van der Waals surface area contributed by atoms with Gasteiger partial charge in [-0.2, -0.15) is 0 Å². The second-order valence-corrected chi connectivity index (χ2v) is 5.33. The quantitative estimate of drug-likeness (QED) is 0.571. The summed E-state index contributed by atoms with van der Waals surface area (Å²) in [6, 6.07) is 1.76. The van der Waals surface area contributed by atoms with Crippen molar-refractivity contribution in [1.82, 2.24) is 10.6 Å². The lowest BCUT2D eigenvalue weighted by atomic mass is 10.0. The average molecular weight is 210 g/mol. The van der Waals surface area contributed by atoms with Crippen molar-refractivity contribution in [1.29, 1.82) is 0 Å². The van der Waals surface area contributed by atoms with Gasteiger partial charge in [0.2, 0.25) is 0 Å². The van der Waals surface area contributed by atoms with E-state index in [1.165, 1.54) is 58.0 Å². The molecule has 88 valence electrons. The van der Waals surface area contributed by atoms with Gasteiger partial charge in [0.15, 0.2) is 0 Å². The lowest BCUT2D eigenvalue weighted by Gasteiger charge is -2.15. The van der Waals surface area contributed by atoms with Gasteiger partial charge < -0.3 is 10.6 Å². The van der Waals surface area contributed by atoms with E-state index in [9.17, 15) is 0 Å². The van der Waals surface area contributed by atoms with Crippen LogP contribution in [0.5, 0.6) is 0 Å². The van der Waals surface area contributed by atoms with Crippen LogP contribution in [-0.4, -0.2) is 25.2 Å². The largest absolute Gasteiger partial charge is 0.314 e. The Bertz CT molecular complexity index is 173. The topological polar surface area (TPSA) is 24.1 Å². The summed E-state index contributed by atoms with van der Waals surface area (Å²) in [4.78, 5) is 0. The fourth-order valence-corrected chi connectivity index (χ4v) is 2.06. The third-order valence-electron chi connectivity index (χ3n) is 3.65. The summed E-state index contributed by atoms with van der Waals surface area (Å²) in [5.74, 6) is 0.909. The summed E-state index contributed by atoms with van der Waals surface area (Å²) in [5, 5.41) is 7.24. The molecule has 2 fully saturated rings. The van der Waals surface area contributed by atoms with Gasteiger partial charge in [-0.25, -0.2) is 0 Å². The molecule has 2 aliphatic rings. The van der Waals surface area contributed by atoms with E-state index in [1.54, 1.807) is 0 Å². The molecule has 0 bridgehead atoms. The van der Waals surface area contributed by atoms with E-state index in [-0.39, 0.29) is 0 Å². The van der Waals surface area contributed by atoms with Crippen LogP contribution in [0.1, 0.15) is 51.9 Å². The molecule has 2 rings (SSSR count). The van der Waals surface area contributed by atoms with Gasteiger partial charge in [0.05, 0.1) is 0 Å². The van der Waals surface area contributed by atoms with Crippen molar-refractivity contribution in [3.05, 3.63) is 0 Å². The van der Waals surface area contributed by atoms with Gasteiger partial charge in [-0.15, -0.1) is 0 Å². The first kappa shape index (κ1) is 11.4. The fraction of sp³-hybridized carbons (Fsp3) is 1.00. The molecule has 2 heteroatoms. The maximum atomic E-state index is 3.65. The van der Waals surface area contributed by atoms with Gasteiger partial charge >= 0.3 is 0 Å². The normalized spacial score (nSPS) is 23.0. The SMILES string of the molecule is CCC(CCCNC1CC1)CNC1CC1. The Hall–Kier alpha value is -0.0800. The summed E-state index contributed by atoms with van der Waals surface area (Å²) >= 11 is 0. The zero-order valence-electron chi connectivity index (χ0n) is 10.1. The first-order valence-corrected chi connectivity index (χ1v) is 6.85. The Balaban J connectivity index is 1.45. The Morgan fingerprint density at radius 1 is 1.07 bits per heavy atom. The monoisotopic (exact) mass is 210 g/mol. The van der Waals surface area contributed by atoms with E-state index in [2.05, 4.69) is 17.6 Å². The highest BCUT2D eigenvalue weighted by Gasteiger charge is 2.22. The van der Waals surface area contributed by atoms with Gasteiger partial charge in [-0.05, 0) is 57.5 Å². The molecule has 0 aliphatic heterocycles. The molecule has 0 aromatic rings. The summed E-state index contributed by atoms with van der Waals surface area (Å²) in [5.41, 5.74) is 0. The Kier molecular flexibility index (Phi) is 4.45. The molecule has 2 aliphatic carbocycles. The van der Waals surface area contributed by atoms with Crippen LogP contribution in [0.3, 0.4) is 0 Å². The molecule has 0 saturated heterocycles. The molecule has 0 spiro atoms. The molecule has 15 heavy (non-hydrogen) atoms. The third-order valence-corrected chi connectivity index (χ3v) is 3.65. The minimum Gasteiger partial charge on any atom is -0.314 e. The van der Waals surface area contributed by atoms with Crippen molar-refractivity contribution in [2.45, 2.75) is 64.0 Å². The van der Waals surface area contributed by atoms with Crippen LogP contribution in [0.4, 0.5) is 0 Å². The lowest BCUT2D eigenvalue weighted by Crippen LogP contribution is -2.25. The highest BCUT2D eigenvalue weighted by molar-refractivity contribution is 4.82. The molecule has 2 nitrogen and oxygen atoms in total. The van der Waals surface area contributed by atoms with Crippen molar-refractivity contribution in [2.24, 2.45) is 5.92 Å². The molecule has 0 aromatic heterocycles. The highest BCUT2D eigenvalue weighted by atomic mass is 15.0. The van der Waals surface area contributed by atoms with Crippen LogP contribution in [0.15, 0.2) is 0 Å². The predicted octanol–water partition coefficient (Wildman–Crippen LogP) is 2.30. The Morgan fingerprint density at radius 2 is 1.73 bits per heavy atom. The molecule has 1 atom stereocenters. The first-order valence-electron chi connectivity index (χ1n) is 6.85. The highest BCUT2D eigenvalue weighted by Crippen LogP contribution is 2.21. The van der Waals surface area contributed by atoms with Crippen molar-refractivity contribution in [2.75, 3.05) is 13.1 Å². The van der Waals surface area contributed by atoms with Gasteiger partial charge in [0.1, 0.15) is 0 Å². The predicted molar refractivity (Wildman–Crippen MR) is 65.1 cm³/mol. The molecule has 0 heterocycles. The maximum absolute atomic E-state index is 3.65. The van der Waals surface area contributed by atoms with Crippen molar-refractivity contribution < 1.29 is 0 Å². The molecule has 2 N–H and O–H groups in total. The van der Waals surface area contributed by atoms with E-state index in [4.69, 9.17) is 0 Å². The molecule has 0 amide bonds. The molecule has 0 radical (unpaired) electrons. The standard InChI is InChI=1S/C13H26N2/c1-2-11(10-15-13-7-8-13)4-3-9-14-12-5-6-12/h11-15H,2-10H2,1H3. The summed E-state index contributed by atoms with van der Waals surface area (Å²) in [7, 11) is 0. The second-order valence-electron chi connectivity index (χ2n) is 5.33. The smallest absolute Gasteiger partial charge is 0.00683 e. The van der Waals surface area contributed by atoms with Crippen LogP contribution in [0, 0.1) is 5.92 Å². The van der Waals surface area contributed by atoms with E-state index in [0.29, 0.717) is 0 Å². The molecule has 0 aromatic carbocycles. The van der Waals surface area contributed by atoms with Gasteiger partial charge in [0.25, 0.3) is 0 Å². The van der Waals surface area contributed by atoms with Crippen molar-refractivity contribution in [3.63, 3.8) is 0 Å². The minimum atomic E-state index is 0.878. The number of hydrogen-bond donors (Lipinski definition) is 2. The summed E-state index contributed by atoms with van der Waals surface area (Å²) in [6.45, 7) is 4.82. The average Bonchev–Trinajstić information content (AvgIpc) is 3.11. The van der Waals surface area contributed by atoms with E-state index >= 15 is 0 Å². The van der Waals surface area contributed by atoms with Gasteiger partial charge in [-0.3, -0.25) is 0 Å². The van der Waals surface area contributed by atoms with Crippen LogP contribution in [-0.2, 0) is 0 Å². The fourth-order valence-electron chi connectivity index (χ4n) is 2.06. The van der Waals surface area contributed by atoms with Crippen LogP contribution in [0.25, 0.3) is 0 Å². The lowest BCUT2D eigenvalue weighted by molar-refractivity contribution is 0.414. The number of rotatable bonds is 9. The Labute approximate surface area is 94.2 Å². The number of hydrogen-bond acceptors (Lipinski definition) is 2. The molecule has 1 unspecified atom stereocenters. The van der Waals surface area contributed by atoms with Crippen LogP contribution in [0.2, 0.25) is 0 Å². The van der Waals surface area contributed by atoms with Crippen molar-refractivity contribution >= 4 is 0 Å². The van der Waals surface area contributed by atoms with Gasteiger partial charge in [-0.1, -0.05) is 13.3 Å². The zero-order valence-corrected chi connectivity index (χ0v) is 10.1. The van der Waals surface area contributed by atoms with Crippen LogP contribution < -0.4 is 10.6 Å². The first-order chi connectivity index (χ1) is 7.38.